The van der Waals surface area contributed by atoms with E-state index in [1.165, 1.54) is 33.4 Å². The van der Waals surface area contributed by atoms with Gasteiger partial charge in [-0.05, 0) is 67.6 Å². The van der Waals surface area contributed by atoms with Crippen molar-refractivity contribution < 1.29 is 0 Å². The third-order valence-electron chi connectivity index (χ3n) is 3.75. The van der Waals surface area contributed by atoms with Crippen molar-refractivity contribution in [2.75, 3.05) is 7.05 Å². The average molecular weight is 253 g/mol. The second-order valence-corrected chi connectivity index (χ2v) is 5.39. The molecule has 0 heterocycles. The SMILES string of the molecule is CNCc1ccc(Cc2cc(C)c(C)cc2C)cc1. The van der Waals surface area contributed by atoms with Crippen molar-refractivity contribution in [3.8, 4) is 0 Å². The summed E-state index contributed by atoms with van der Waals surface area (Å²) in [6.45, 7) is 7.51. The number of hydrogen-bond acceptors (Lipinski definition) is 1. The van der Waals surface area contributed by atoms with E-state index < -0.39 is 0 Å². The molecule has 0 radical (unpaired) electrons. The van der Waals surface area contributed by atoms with E-state index in [-0.39, 0.29) is 0 Å². The number of rotatable bonds is 4. The van der Waals surface area contributed by atoms with Crippen molar-refractivity contribution in [2.45, 2.75) is 33.7 Å². The molecular formula is C18H23N. The van der Waals surface area contributed by atoms with Crippen LogP contribution in [-0.2, 0) is 13.0 Å². The Hall–Kier alpha value is -1.60. The zero-order valence-corrected chi connectivity index (χ0v) is 12.4. The van der Waals surface area contributed by atoms with E-state index >= 15 is 0 Å². The van der Waals surface area contributed by atoms with Gasteiger partial charge in [0.1, 0.15) is 0 Å². The molecule has 0 fully saturated rings. The molecule has 0 bridgehead atoms. The molecule has 0 aliphatic heterocycles. The van der Waals surface area contributed by atoms with Crippen molar-refractivity contribution in [3.05, 3.63) is 69.8 Å². The van der Waals surface area contributed by atoms with Gasteiger partial charge in [0, 0.05) is 6.54 Å². The Bertz CT molecular complexity index is 553. The van der Waals surface area contributed by atoms with Crippen LogP contribution in [-0.4, -0.2) is 7.05 Å². The van der Waals surface area contributed by atoms with Crippen LogP contribution in [0.1, 0.15) is 33.4 Å². The quantitative estimate of drug-likeness (QED) is 0.870. The van der Waals surface area contributed by atoms with Gasteiger partial charge in [0.05, 0.1) is 0 Å². The van der Waals surface area contributed by atoms with E-state index in [0.29, 0.717) is 0 Å². The topological polar surface area (TPSA) is 12.0 Å². The summed E-state index contributed by atoms with van der Waals surface area (Å²) in [6.07, 6.45) is 1.02. The molecule has 2 aromatic carbocycles. The van der Waals surface area contributed by atoms with E-state index in [9.17, 15) is 0 Å². The third kappa shape index (κ3) is 3.45. The highest BCUT2D eigenvalue weighted by Gasteiger charge is 2.03. The molecule has 0 aliphatic rings. The summed E-state index contributed by atoms with van der Waals surface area (Å²) in [6, 6.07) is 13.5. The highest BCUT2D eigenvalue weighted by Crippen LogP contribution is 2.19. The molecular weight excluding hydrogens is 230 g/mol. The normalized spacial score (nSPS) is 10.7. The van der Waals surface area contributed by atoms with Crippen LogP contribution in [0, 0.1) is 20.8 Å². The Morgan fingerprint density at radius 3 is 2.00 bits per heavy atom. The standard InChI is InChI=1S/C18H23N/c1-13-9-15(3)18(10-14(13)2)11-16-5-7-17(8-6-16)12-19-4/h5-10,19H,11-12H2,1-4H3. The summed E-state index contributed by atoms with van der Waals surface area (Å²) in [4.78, 5) is 0. The first-order chi connectivity index (χ1) is 9.10. The lowest BCUT2D eigenvalue weighted by atomic mass is 9.95. The van der Waals surface area contributed by atoms with E-state index in [4.69, 9.17) is 0 Å². The van der Waals surface area contributed by atoms with Crippen LogP contribution < -0.4 is 5.32 Å². The van der Waals surface area contributed by atoms with Gasteiger partial charge in [0.2, 0.25) is 0 Å². The summed E-state index contributed by atoms with van der Waals surface area (Å²) >= 11 is 0. The molecule has 0 unspecified atom stereocenters. The third-order valence-corrected chi connectivity index (χ3v) is 3.75. The molecule has 0 saturated heterocycles. The number of nitrogens with one attached hydrogen (secondary N) is 1. The zero-order chi connectivity index (χ0) is 13.8. The Morgan fingerprint density at radius 2 is 1.37 bits per heavy atom. The molecule has 1 nitrogen and oxygen atoms in total. The summed E-state index contributed by atoms with van der Waals surface area (Å²) in [7, 11) is 1.98. The average Bonchev–Trinajstić information content (AvgIpc) is 2.38. The fourth-order valence-corrected chi connectivity index (χ4v) is 2.41. The van der Waals surface area contributed by atoms with Crippen LogP contribution in [0.5, 0.6) is 0 Å². The molecule has 0 spiro atoms. The summed E-state index contributed by atoms with van der Waals surface area (Å²) < 4.78 is 0. The maximum atomic E-state index is 3.18. The highest BCUT2D eigenvalue weighted by molar-refractivity contribution is 5.39. The van der Waals surface area contributed by atoms with Crippen LogP contribution in [0.15, 0.2) is 36.4 Å². The number of benzene rings is 2. The minimum Gasteiger partial charge on any atom is -0.316 e. The monoisotopic (exact) mass is 253 g/mol. The molecule has 1 N–H and O–H groups in total. The van der Waals surface area contributed by atoms with Crippen molar-refractivity contribution >= 4 is 0 Å². The Labute approximate surface area is 116 Å². The van der Waals surface area contributed by atoms with Crippen molar-refractivity contribution in [3.63, 3.8) is 0 Å². The minimum atomic E-state index is 0.933. The first kappa shape index (κ1) is 13.8. The molecule has 19 heavy (non-hydrogen) atoms. The molecule has 2 rings (SSSR count). The molecule has 0 amide bonds. The van der Waals surface area contributed by atoms with Crippen molar-refractivity contribution in [2.24, 2.45) is 0 Å². The number of aryl methyl sites for hydroxylation is 3. The van der Waals surface area contributed by atoms with Crippen molar-refractivity contribution in [1.29, 1.82) is 0 Å². The number of hydrogen-bond donors (Lipinski definition) is 1. The van der Waals surface area contributed by atoms with Gasteiger partial charge in [0.25, 0.3) is 0 Å². The van der Waals surface area contributed by atoms with Crippen LogP contribution >= 0.6 is 0 Å². The lowest BCUT2D eigenvalue weighted by Crippen LogP contribution is -2.04. The minimum absolute atomic E-state index is 0.933. The first-order valence-electron chi connectivity index (χ1n) is 6.89. The van der Waals surface area contributed by atoms with Gasteiger partial charge in [-0.1, -0.05) is 36.4 Å². The van der Waals surface area contributed by atoms with Crippen LogP contribution in [0.3, 0.4) is 0 Å². The molecule has 0 aromatic heterocycles. The second kappa shape index (κ2) is 6.03. The first-order valence-corrected chi connectivity index (χ1v) is 6.89. The van der Waals surface area contributed by atoms with Crippen molar-refractivity contribution in [1.82, 2.24) is 5.32 Å². The van der Waals surface area contributed by atoms with E-state index in [2.05, 4.69) is 62.5 Å². The largest absolute Gasteiger partial charge is 0.316 e. The fraction of sp³-hybridized carbons (Fsp3) is 0.333. The predicted molar refractivity (Wildman–Crippen MR) is 82.7 cm³/mol. The van der Waals surface area contributed by atoms with E-state index in [1.54, 1.807) is 0 Å². The Morgan fingerprint density at radius 1 is 0.789 bits per heavy atom. The lowest BCUT2D eigenvalue weighted by Gasteiger charge is -2.10. The molecule has 1 heteroatoms. The Kier molecular flexibility index (Phi) is 4.39. The summed E-state index contributed by atoms with van der Waals surface area (Å²) in [5.41, 5.74) is 8.30. The van der Waals surface area contributed by atoms with Gasteiger partial charge in [-0.15, -0.1) is 0 Å². The highest BCUT2D eigenvalue weighted by atomic mass is 14.8. The molecule has 100 valence electrons. The fourth-order valence-electron chi connectivity index (χ4n) is 2.41. The maximum absolute atomic E-state index is 3.18. The van der Waals surface area contributed by atoms with Gasteiger partial charge in [-0.25, -0.2) is 0 Å². The predicted octanol–water partition coefficient (Wildman–Crippen LogP) is 3.92. The molecule has 0 aliphatic carbocycles. The van der Waals surface area contributed by atoms with Gasteiger partial charge in [0.15, 0.2) is 0 Å². The molecule has 2 aromatic rings. The van der Waals surface area contributed by atoms with Crippen LogP contribution in [0.2, 0.25) is 0 Å². The maximum Gasteiger partial charge on any atom is 0.0202 e. The van der Waals surface area contributed by atoms with Gasteiger partial charge in [-0.3, -0.25) is 0 Å². The molecule has 0 saturated carbocycles. The smallest absolute Gasteiger partial charge is 0.0202 e. The zero-order valence-electron chi connectivity index (χ0n) is 12.4. The molecule has 0 atom stereocenters. The summed E-state index contributed by atoms with van der Waals surface area (Å²) in [5.74, 6) is 0. The van der Waals surface area contributed by atoms with Gasteiger partial charge >= 0.3 is 0 Å². The second-order valence-electron chi connectivity index (χ2n) is 5.39. The lowest BCUT2D eigenvalue weighted by molar-refractivity contribution is 0.817. The van der Waals surface area contributed by atoms with E-state index in [0.717, 1.165) is 13.0 Å². The Balaban J connectivity index is 2.19. The van der Waals surface area contributed by atoms with E-state index in [1.807, 2.05) is 7.05 Å². The van der Waals surface area contributed by atoms with Crippen LogP contribution in [0.4, 0.5) is 0 Å². The van der Waals surface area contributed by atoms with Gasteiger partial charge < -0.3 is 5.32 Å². The van der Waals surface area contributed by atoms with Gasteiger partial charge in [-0.2, -0.15) is 0 Å². The summed E-state index contributed by atoms with van der Waals surface area (Å²) in [5, 5.41) is 3.18. The van der Waals surface area contributed by atoms with Crippen LogP contribution in [0.25, 0.3) is 0 Å².